The van der Waals surface area contributed by atoms with Crippen molar-refractivity contribution in [2.75, 3.05) is 14.2 Å². The molecule has 122 valence electrons. The van der Waals surface area contributed by atoms with E-state index in [9.17, 15) is 12.8 Å². The van der Waals surface area contributed by atoms with Crippen LogP contribution in [0.2, 0.25) is 0 Å². The molecule has 0 aliphatic carbocycles. The van der Waals surface area contributed by atoms with Gasteiger partial charge in [-0.25, -0.2) is 12.8 Å². The third-order valence-electron chi connectivity index (χ3n) is 3.22. The molecule has 4 nitrogen and oxygen atoms in total. The fraction of sp³-hybridized carbons (Fsp3) is 0.176. The van der Waals surface area contributed by atoms with E-state index in [1.807, 2.05) is 0 Å². The number of ether oxygens (including phenoxy) is 2. The van der Waals surface area contributed by atoms with Crippen LogP contribution in [-0.4, -0.2) is 28.1 Å². The summed E-state index contributed by atoms with van der Waals surface area (Å²) in [5.74, 6) is 1.02. The molecule has 0 fully saturated rings. The van der Waals surface area contributed by atoms with Gasteiger partial charge in [-0.15, -0.1) is 0 Å². The molecule has 2 aromatic carbocycles. The maximum absolute atomic E-state index is 14.1. The molecule has 0 spiro atoms. The third-order valence-corrected chi connectivity index (χ3v) is 4.89. The van der Waals surface area contributed by atoms with E-state index in [4.69, 9.17) is 9.47 Å². The number of benzene rings is 2. The van der Waals surface area contributed by atoms with Gasteiger partial charge < -0.3 is 9.47 Å². The number of hydrogen-bond donors (Lipinski definition) is 0. The second kappa shape index (κ2) is 7.28. The lowest BCUT2D eigenvalue weighted by Gasteiger charge is -2.08. The fourth-order valence-corrected chi connectivity index (χ4v) is 3.07. The van der Waals surface area contributed by atoms with E-state index >= 15 is 0 Å². The van der Waals surface area contributed by atoms with Gasteiger partial charge in [0.2, 0.25) is 15.3 Å². The van der Waals surface area contributed by atoms with Crippen LogP contribution in [0.1, 0.15) is 5.56 Å². The Morgan fingerprint density at radius 1 is 1.00 bits per heavy atom. The van der Waals surface area contributed by atoms with Crippen molar-refractivity contribution in [1.29, 1.82) is 0 Å². The second-order valence-electron chi connectivity index (χ2n) is 4.68. The molecule has 0 bridgehead atoms. The first-order valence-electron chi connectivity index (χ1n) is 6.82. The zero-order valence-electron chi connectivity index (χ0n) is 12.8. The smallest absolute Gasteiger partial charge is 0.223 e. The zero-order valence-corrected chi connectivity index (χ0v) is 13.6. The maximum Gasteiger partial charge on any atom is 0.223 e. The average molecular weight is 336 g/mol. The van der Waals surface area contributed by atoms with Crippen molar-refractivity contribution in [1.82, 2.24) is 0 Å². The molecule has 0 saturated heterocycles. The molecule has 1 unspecified atom stereocenters. The molecule has 0 amide bonds. The van der Waals surface area contributed by atoms with E-state index in [2.05, 4.69) is 0 Å². The minimum atomic E-state index is -4.05. The molecule has 0 radical (unpaired) electrons. The molecule has 1 atom stereocenters. The molecular weight excluding hydrogens is 319 g/mol. The van der Waals surface area contributed by atoms with Crippen LogP contribution >= 0.6 is 0 Å². The van der Waals surface area contributed by atoms with Crippen molar-refractivity contribution >= 4 is 15.9 Å². The summed E-state index contributed by atoms with van der Waals surface area (Å²) in [5, 5.41) is 0. The van der Waals surface area contributed by atoms with Crippen LogP contribution in [0.15, 0.2) is 59.5 Å². The van der Waals surface area contributed by atoms with Gasteiger partial charge in [0.1, 0.15) is 0 Å². The van der Waals surface area contributed by atoms with Crippen LogP contribution in [0.3, 0.4) is 0 Å². The van der Waals surface area contributed by atoms with Crippen LogP contribution in [-0.2, 0) is 9.84 Å². The largest absolute Gasteiger partial charge is 0.493 e. The van der Waals surface area contributed by atoms with Crippen molar-refractivity contribution in [3.8, 4) is 11.5 Å². The predicted octanol–water partition coefficient (Wildman–Crippen LogP) is 3.49. The maximum atomic E-state index is 14.1. The highest BCUT2D eigenvalue weighted by molar-refractivity contribution is 7.92. The summed E-state index contributed by atoms with van der Waals surface area (Å²) in [6, 6.07) is 12.5. The van der Waals surface area contributed by atoms with Crippen molar-refractivity contribution in [2.24, 2.45) is 0 Å². The number of halogens is 1. The number of sulfone groups is 1. The van der Waals surface area contributed by atoms with Crippen molar-refractivity contribution in [2.45, 2.75) is 10.4 Å². The molecule has 0 aromatic heterocycles. The first kappa shape index (κ1) is 17.0. The topological polar surface area (TPSA) is 52.6 Å². The second-order valence-corrected chi connectivity index (χ2v) is 6.69. The Morgan fingerprint density at radius 3 is 2.26 bits per heavy atom. The quantitative estimate of drug-likeness (QED) is 0.810. The Balaban J connectivity index is 2.23. The molecule has 0 N–H and O–H groups in total. The molecule has 0 saturated carbocycles. The van der Waals surface area contributed by atoms with Gasteiger partial charge in [0.05, 0.1) is 19.1 Å². The Labute approximate surface area is 135 Å². The highest BCUT2D eigenvalue weighted by Crippen LogP contribution is 2.28. The standard InChI is InChI=1S/C17H17FO4S/c1-21-15-10-8-13(12-16(15)22-2)9-11-17(18)23(19,20)14-6-4-3-5-7-14/h3-12,17H,1-2H3/b11-9+. The molecule has 0 heterocycles. The van der Waals surface area contributed by atoms with Gasteiger partial charge in [0.15, 0.2) is 11.5 Å². The minimum Gasteiger partial charge on any atom is -0.493 e. The molecular formula is C17H17FO4S. The first-order chi connectivity index (χ1) is 11.0. The van der Waals surface area contributed by atoms with E-state index in [0.717, 1.165) is 6.08 Å². The van der Waals surface area contributed by atoms with Gasteiger partial charge in [0.25, 0.3) is 0 Å². The Hall–Kier alpha value is -2.34. The normalized spacial score (nSPS) is 13.0. The summed E-state index contributed by atoms with van der Waals surface area (Å²) < 4.78 is 48.6. The minimum absolute atomic E-state index is 0.0514. The summed E-state index contributed by atoms with van der Waals surface area (Å²) in [6.45, 7) is 0. The summed E-state index contributed by atoms with van der Waals surface area (Å²) in [5.41, 5.74) is -1.52. The molecule has 0 aliphatic rings. The highest BCUT2D eigenvalue weighted by Gasteiger charge is 2.24. The van der Waals surface area contributed by atoms with Gasteiger partial charge in [-0.05, 0) is 35.9 Å². The van der Waals surface area contributed by atoms with E-state index in [1.165, 1.54) is 32.4 Å². The monoisotopic (exact) mass is 336 g/mol. The lowest BCUT2D eigenvalue weighted by molar-refractivity contribution is 0.355. The molecule has 2 rings (SSSR count). The molecule has 6 heteroatoms. The predicted molar refractivity (Wildman–Crippen MR) is 87.1 cm³/mol. The summed E-state index contributed by atoms with van der Waals surface area (Å²) in [4.78, 5) is -0.0514. The molecule has 0 aliphatic heterocycles. The van der Waals surface area contributed by atoms with Crippen LogP contribution in [0.25, 0.3) is 6.08 Å². The number of hydrogen-bond acceptors (Lipinski definition) is 4. The highest BCUT2D eigenvalue weighted by atomic mass is 32.2. The van der Waals surface area contributed by atoms with Gasteiger partial charge in [-0.2, -0.15) is 0 Å². The van der Waals surface area contributed by atoms with Gasteiger partial charge in [-0.3, -0.25) is 0 Å². The lowest BCUT2D eigenvalue weighted by Crippen LogP contribution is -2.13. The van der Waals surface area contributed by atoms with Gasteiger partial charge in [-0.1, -0.05) is 30.3 Å². The van der Waals surface area contributed by atoms with Crippen LogP contribution in [0, 0.1) is 0 Å². The SMILES string of the molecule is COc1ccc(/C=C/C(F)S(=O)(=O)c2ccccc2)cc1OC. The van der Waals surface area contributed by atoms with Gasteiger partial charge >= 0.3 is 0 Å². The van der Waals surface area contributed by atoms with Crippen molar-refractivity contribution in [3.63, 3.8) is 0 Å². The number of methoxy groups -OCH3 is 2. The fourth-order valence-electron chi connectivity index (χ4n) is 1.99. The van der Waals surface area contributed by atoms with Gasteiger partial charge in [0, 0.05) is 0 Å². The van der Waals surface area contributed by atoms with Crippen LogP contribution in [0.4, 0.5) is 4.39 Å². The molecule has 23 heavy (non-hydrogen) atoms. The summed E-state index contributed by atoms with van der Waals surface area (Å²) in [6.07, 6.45) is 2.40. The number of rotatable bonds is 6. The first-order valence-corrected chi connectivity index (χ1v) is 8.37. The summed E-state index contributed by atoms with van der Waals surface area (Å²) in [7, 11) is -1.05. The lowest BCUT2D eigenvalue weighted by atomic mass is 10.2. The third kappa shape index (κ3) is 3.90. The zero-order chi connectivity index (χ0) is 16.9. The number of alkyl halides is 1. The summed E-state index contributed by atoms with van der Waals surface area (Å²) >= 11 is 0. The van der Waals surface area contributed by atoms with E-state index < -0.39 is 15.3 Å². The van der Waals surface area contributed by atoms with E-state index in [-0.39, 0.29) is 4.90 Å². The Bertz CT molecular complexity index is 785. The Morgan fingerprint density at radius 2 is 1.65 bits per heavy atom. The molecule has 2 aromatic rings. The Kier molecular flexibility index (Phi) is 5.39. The van der Waals surface area contributed by atoms with E-state index in [0.29, 0.717) is 17.1 Å². The van der Waals surface area contributed by atoms with E-state index in [1.54, 1.807) is 36.4 Å². The van der Waals surface area contributed by atoms with Crippen LogP contribution < -0.4 is 9.47 Å². The van der Waals surface area contributed by atoms with Crippen molar-refractivity contribution < 1.29 is 22.3 Å². The van der Waals surface area contributed by atoms with Crippen LogP contribution in [0.5, 0.6) is 11.5 Å². The average Bonchev–Trinajstić information content (AvgIpc) is 2.59. The van der Waals surface area contributed by atoms with Crippen molar-refractivity contribution in [3.05, 3.63) is 60.2 Å².